The molecule has 0 fully saturated rings. The predicted octanol–water partition coefficient (Wildman–Crippen LogP) is 11.4. The van der Waals surface area contributed by atoms with Gasteiger partial charge in [0.15, 0.2) is 0 Å². The first-order valence-electron chi connectivity index (χ1n) is 17.2. The highest BCUT2D eigenvalue weighted by molar-refractivity contribution is 6.00. The van der Waals surface area contributed by atoms with Crippen molar-refractivity contribution in [3.63, 3.8) is 0 Å². The van der Waals surface area contributed by atoms with E-state index in [2.05, 4.69) is 153 Å². The Morgan fingerprint density at radius 1 is 0.702 bits per heavy atom. The van der Waals surface area contributed by atoms with Crippen LogP contribution in [0, 0.1) is 11.8 Å². The number of fused-ring (bicyclic) bond motifs is 2. The van der Waals surface area contributed by atoms with Crippen LogP contribution in [0.4, 0.5) is 0 Å². The first-order valence-corrected chi connectivity index (χ1v) is 17.2. The molecule has 0 saturated heterocycles. The Bertz CT molecular complexity index is 1960. The maximum atomic E-state index is 6.76. The summed E-state index contributed by atoms with van der Waals surface area (Å²) in [6.07, 6.45) is 26.4. The molecule has 0 bridgehead atoms. The van der Waals surface area contributed by atoms with E-state index in [0.717, 1.165) is 37.8 Å². The molecule has 234 valence electrons. The van der Waals surface area contributed by atoms with Crippen molar-refractivity contribution in [2.45, 2.75) is 51.4 Å². The number of nitrogens with zero attached hydrogens (tertiary/aromatic N) is 1. The number of aliphatic imine (C=N–C) groups is 1. The second-order valence-electron chi connectivity index (χ2n) is 13.1. The van der Waals surface area contributed by atoms with Gasteiger partial charge >= 0.3 is 0 Å². The van der Waals surface area contributed by atoms with Gasteiger partial charge in [-0.05, 0) is 100 Å². The lowest BCUT2D eigenvalue weighted by Crippen LogP contribution is -2.23. The molecule has 2 heteroatoms. The van der Waals surface area contributed by atoms with E-state index in [1.54, 1.807) is 0 Å². The van der Waals surface area contributed by atoms with Gasteiger partial charge in [0.1, 0.15) is 5.84 Å². The van der Waals surface area contributed by atoms with Crippen molar-refractivity contribution in [3.05, 3.63) is 179 Å². The lowest BCUT2D eigenvalue weighted by molar-refractivity contribution is 0.572. The van der Waals surface area contributed by atoms with E-state index in [-0.39, 0.29) is 11.8 Å². The molecule has 2 unspecified atom stereocenters. The summed E-state index contributed by atoms with van der Waals surface area (Å²) in [5.74, 6) is 1.69. The number of hydrogen-bond acceptors (Lipinski definition) is 1. The largest absolute Gasteiger partial charge is 0.387 e. The van der Waals surface area contributed by atoms with Crippen molar-refractivity contribution < 1.29 is 0 Å². The summed E-state index contributed by atoms with van der Waals surface area (Å²) in [7, 11) is 0. The fourth-order valence-electron chi connectivity index (χ4n) is 7.53. The third-order valence-electron chi connectivity index (χ3n) is 10.2. The van der Waals surface area contributed by atoms with Gasteiger partial charge in [-0.3, -0.25) is 0 Å². The van der Waals surface area contributed by atoms with Crippen molar-refractivity contribution in [2.75, 3.05) is 0 Å². The summed E-state index contributed by atoms with van der Waals surface area (Å²) in [5.41, 5.74) is 17.2. The topological polar surface area (TPSA) is 38.4 Å². The van der Waals surface area contributed by atoms with Gasteiger partial charge in [-0.15, -0.1) is 0 Å². The van der Waals surface area contributed by atoms with Crippen molar-refractivity contribution in [1.29, 1.82) is 0 Å². The molecule has 4 aliphatic rings. The third-order valence-corrected chi connectivity index (χ3v) is 10.2. The van der Waals surface area contributed by atoms with Crippen LogP contribution >= 0.6 is 0 Å². The summed E-state index contributed by atoms with van der Waals surface area (Å²) in [6.45, 7) is 2.31. The standard InChI is InChI=1S/C45H44N2/c1-32(33-16-6-4-7-17-33)39-29-28-38(31-44(39)47-45(46)35-19-8-5-9-20-35)41-23-11-3-2-10-22-40(42-24-14-15-25-43(41)42)37-27-26-34-18-12-13-21-36(34)30-37/h2-17,19,21-25,30-32,34-35H,18,20,26-29H2,1H3,(H2,46,47)/t32-,34?,35?/m1/s1. The van der Waals surface area contributed by atoms with Gasteiger partial charge in [0, 0.05) is 11.8 Å². The van der Waals surface area contributed by atoms with Gasteiger partial charge in [0.05, 0.1) is 5.70 Å². The summed E-state index contributed by atoms with van der Waals surface area (Å²) in [4.78, 5) is 5.21. The Kier molecular flexibility index (Phi) is 9.28. The Morgan fingerprint density at radius 2 is 1.36 bits per heavy atom. The van der Waals surface area contributed by atoms with Gasteiger partial charge in [-0.1, -0.05) is 147 Å². The molecule has 2 nitrogen and oxygen atoms in total. The lowest BCUT2D eigenvalue weighted by Gasteiger charge is -2.26. The molecule has 0 aromatic heterocycles. The summed E-state index contributed by atoms with van der Waals surface area (Å²) in [6, 6.07) is 33.0. The quantitative estimate of drug-likeness (QED) is 0.218. The van der Waals surface area contributed by atoms with Crippen LogP contribution in [0.5, 0.6) is 0 Å². The van der Waals surface area contributed by atoms with Crippen LogP contribution < -0.4 is 5.73 Å². The highest BCUT2D eigenvalue weighted by Gasteiger charge is 2.24. The molecule has 4 aliphatic carbocycles. The fraction of sp³-hybridized carbons (Fsp3) is 0.222. The Hall–Kier alpha value is -4.95. The van der Waals surface area contributed by atoms with Crippen LogP contribution in [0.15, 0.2) is 168 Å². The van der Waals surface area contributed by atoms with Crippen LogP contribution in [0.2, 0.25) is 0 Å². The summed E-state index contributed by atoms with van der Waals surface area (Å²) >= 11 is 0. The molecule has 0 saturated carbocycles. The van der Waals surface area contributed by atoms with Crippen LogP contribution in [0.25, 0.3) is 21.9 Å². The minimum Gasteiger partial charge on any atom is -0.387 e. The molecule has 3 aromatic carbocycles. The normalized spacial score (nSPS) is 21.4. The molecule has 0 heterocycles. The molecule has 2 N–H and O–H groups in total. The Labute approximate surface area is 280 Å². The number of hydrogen-bond donors (Lipinski definition) is 1. The van der Waals surface area contributed by atoms with Gasteiger partial charge in [-0.2, -0.15) is 0 Å². The van der Waals surface area contributed by atoms with Crippen molar-refractivity contribution in [1.82, 2.24) is 0 Å². The number of rotatable bonds is 6. The number of benzene rings is 2. The minimum atomic E-state index is 0.119. The number of amidine groups is 1. The zero-order valence-corrected chi connectivity index (χ0v) is 27.4. The van der Waals surface area contributed by atoms with Gasteiger partial charge in [0.25, 0.3) is 0 Å². The van der Waals surface area contributed by atoms with Crippen molar-refractivity contribution in [2.24, 2.45) is 22.6 Å². The average Bonchev–Trinajstić information content (AvgIpc) is 3.13. The van der Waals surface area contributed by atoms with Crippen LogP contribution in [-0.4, -0.2) is 5.84 Å². The molecule has 0 aliphatic heterocycles. The van der Waals surface area contributed by atoms with Gasteiger partial charge < -0.3 is 5.73 Å². The first kappa shape index (κ1) is 30.7. The SMILES string of the molecule is C[C@@H](C1=C(N=C(N)C2C=CC=CC2)C=C(c2ccccccc(C3=CC4=CC=CCC4CC3)c3ccccc23)CC1)c1ccccc1. The van der Waals surface area contributed by atoms with E-state index in [4.69, 9.17) is 10.7 Å². The van der Waals surface area contributed by atoms with Crippen molar-refractivity contribution >= 4 is 27.8 Å². The van der Waals surface area contributed by atoms with E-state index >= 15 is 0 Å². The van der Waals surface area contributed by atoms with E-state index in [9.17, 15) is 0 Å². The van der Waals surface area contributed by atoms with Crippen molar-refractivity contribution in [3.8, 4) is 0 Å². The number of nitrogens with two attached hydrogens (primary N) is 1. The molecule has 3 atom stereocenters. The highest BCUT2D eigenvalue weighted by Crippen LogP contribution is 2.42. The van der Waals surface area contributed by atoms with E-state index in [1.165, 1.54) is 56.2 Å². The van der Waals surface area contributed by atoms with Gasteiger partial charge in [0.2, 0.25) is 0 Å². The molecular weight excluding hydrogens is 569 g/mol. The van der Waals surface area contributed by atoms with E-state index in [0.29, 0.717) is 11.8 Å². The monoisotopic (exact) mass is 612 g/mol. The molecule has 3 aromatic rings. The van der Waals surface area contributed by atoms with Crippen LogP contribution in [0.1, 0.15) is 68.1 Å². The molecule has 7 rings (SSSR count). The molecule has 47 heavy (non-hydrogen) atoms. The summed E-state index contributed by atoms with van der Waals surface area (Å²) < 4.78 is 0. The molecular formula is C45H44N2. The zero-order chi connectivity index (χ0) is 32.0. The van der Waals surface area contributed by atoms with E-state index < -0.39 is 0 Å². The maximum absolute atomic E-state index is 6.76. The first-order chi connectivity index (χ1) is 23.2. The Balaban J connectivity index is 1.40. The summed E-state index contributed by atoms with van der Waals surface area (Å²) in [5, 5.41) is 2.55. The van der Waals surface area contributed by atoms with Crippen LogP contribution in [0.3, 0.4) is 0 Å². The van der Waals surface area contributed by atoms with Gasteiger partial charge in [-0.25, -0.2) is 4.99 Å². The third kappa shape index (κ3) is 6.79. The maximum Gasteiger partial charge on any atom is 0.107 e. The molecule has 0 spiro atoms. The minimum absolute atomic E-state index is 0.119. The second-order valence-corrected chi connectivity index (χ2v) is 13.1. The predicted molar refractivity (Wildman–Crippen MR) is 201 cm³/mol. The number of allylic oxidation sites excluding steroid dienone is 12. The zero-order valence-electron chi connectivity index (χ0n) is 27.4. The Morgan fingerprint density at radius 3 is 2.09 bits per heavy atom. The molecule has 0 amide bonds. The smallest absolute Gasteiger partial charge is 0.107 e. The van der Waals surface area contributed by atoms with E-state index in [1.807, 2.05) is 0 Å². The molecule has 0 radical (unpaired) electrons. The fourth-order valence-corrected chi connectivity index (χ4v) is 7.53. The highest BCUT2D eigenvalue weighted by atomic mass is 14.9. The second kappa shape index (κ2) is 14.2. The lowest BCUT2D eigenvalue weighted by atomic mass is 9.78. The van der Waals surface area contributed by atoms with Crippen LogP contribution in [-0.2, 0) is 0 Å². The average molecular weight is 613 g/mol.